The zero-order chi connectivity index (χ0) is 18.8. The van der Waals surface area contributed by atoms with Crippen molar-refractivity contribution in [3.05, 3.63) is 76.4 Å². The second kappa shape index (κ2) is 7.30. The molecule has 1 aromatic carbocycles. The molecule has 0 fully saturated rings. The van der Waals surface area contributed by atoms with E-state index in [1.807, 2.05) is 61.7 Å². The van der Waals surface area contributed by atoms with Crippen LogP contribution in [-0.2, 0) is 0 Å². The third-order valence-corrected chi connectivity index (χ3v) is 5.38. The molecule has 0 spiro atoms. The quantitative estimate of drug-likeness (QED) is 0.559. The largest absolute Gasteiger partial charge is 0.342 e. The van der Waals surface area contributed by atoms with E-state index < -0.39 is 0 Å². The minimum absolute atomic E-state index is 0.217. The molecule has 136 valence electrons. The summed E-state index contributed by atoms with van der Waals surface area (Å²) in [5, 5.41) is 7.76. The molecule has 3 heterocycles. The van der Waals surface area contributed by atoms with E-state index in [9.17, 15) is 4.79 Å². The van der Waals surface area contributed by atoms with Gasteiger partial charge in [0.15, 0.2) is 5.01 Å². The van der Waals surface area contributed by atoms with Gasteiger partial charge in [0.05, 0.1) is 23.4 Å². The van der Waals surface area contributed by atoms with Crippen LogP contribution in [0, 0.1) is 6.92 Å². The number of carbonyl (C=O) groups is 1. The summed E-state index contributed by atoms with van der Waals surface area (Å²) in [5.41, 5.74) is 9.51. The lowest BCUT2D eigenvalue weighted by atomic mass is 10.1. The molecule has 0 radical (unpaired) electrons. The summed E-state index contributed by atoms with van der Waals surface area (Å²) >= 11 is 1.38. The molecule has 1 unspecified atom stereocenters. The summed E-state index contributed by atoms with van der Waals surface area (Å²) in [7, 11) is 0. The van der Waals surface area contributed by atoms with Crippen molar-refractivity contribution in [3.8, 4) is 11.3 Å². The molecule has 4 rings (SSSR count). The molecule has 0 bridgehead atoms. The summed E-state index contributed by atoms with van der Waals surface area (Å²) < 4.78 is 1.80. The third-order valence-electron chi connectivity index (χ3n) is 4.42. The third kappa shape index (κ3) is 3.34. The van der Waals surface area contributed by atoms with E-state index in [1.54, 1.807) is 10.7 Å². The molecule has 27 heavy (non-hydrogen) atoms. The molecule has 7 heteroatoms. The van der Waals surface area contributed by atoms with Crippen molar-refractivity contribution in [2.24, 2.45) is 5.73 Å². The van der Waals surface area contributed by atoms with E-state index in [0.29, 0.717) is 11.6 Å². The van der Waals surface area contributed by atoms with Gasteiger partial charge in [0.1, 0.15) is 0 Å². The Morgan fingerprint density at radius 2 is 2.00 bits per heavy atom. The van der Waals surface area contributed by atoms with E-state index in [1.165, 1.54) is 11.3 Å². The number of carbonyl (C=O) groups excluding carboxylic acids is 1. The SMILES string of the molecule is Cc1sc(C(=O)NC(CN)c2ccccc2)nc1-c1cnn2ccccc12. The molecule has 3 aromatic heterocycles. The average molecular weight is 377 g/mol. The van der Waals surface area contributed by atoms with Gasteiger partial charge in [-0.3, -0.25) is 4.79 Å². The number of aryl methyl sites for hydroxylation is 1. The van der Waals surface area contributed by atoms with Crippen LogP contribution in [0.3, 0.4) is 0 Å². The summed E-state index contributed by atoms with van der Waals surface area (Å²) in [6.45, 7) is 2.29. The Bertz CT molecular complexity index is 1090. The minimum atomic E-state index is -0.247. The Morgan fingerprint density at radius 1 is 1.22 bits per heavy atom. The zero-order valence-electron chi connectivity index (χ0n) is 14.8. The Morgan fingerprint density at radius 3 is 2.78 bits per heavy atom. The molecule has 0 aliphatic rings. The van der Waals surface area contributed by atoms with Gasteiger partial charge in [-0.25, -0.2) is 9.50 Å². The number of nitrogens with one attached hydrogen (secondary N) is 1. The van der Waals surface area contributed by atoms with Crippen molar-refractivity contribution in [1.82, 2.24) is 19.9 Å². The predicted molar refractivity (Wildman–Crippen MR) is 107 cm³/mol. The van der Waals surface area contributed by atoms with Gasteiger partial charge < -0.3 is 11.1 Å². The number of amides is 1. The van der Waals surface area contributed by atoms with Crippen molar-refractivity contribution in [2.75, 3.05) is 6.54 Å². The monoisotopic (exact) mass is 377 g/mol. The first-order valence-electron chi connectivity index (χ1n) is 8.63. The lowest BCUT2D eigenvalue weighted by molar-refractivity contribution is 0.0937. The number of hydrogen-bond donors (Lipinski definition) is 2. The first-order valence-corrected chi connectivity index (χ1v) is 9.45. The molecule has 4 aromatic rings. The van der Waals surface area contributed by atoms with Gasteiger partial charge in [-0.05, 0) is 24.6 Å². The number of thiazole rings is 1. The van der Waals surface area contributed by atoms with Crippen molar-refractivity contribution in [3.63, 3.8) is 0 Å². The number of aromatic nitrogens is 3. The van der Waals surface area contributed by atoms with Crippen LogP contribution in [-0.4, -0.2) is 27.0 Å². The maximum atomic E-state index is 12.7. The molecular formula is C20H19N5OS. The van der Waals surface area contributed by atoms with Crippen LogP contribution in [0.25, 0.3) is 16.8 Å². The Labute approximate surface area is 160 Å². The van der Waals surface area contributed by atoms with Gasteiger partial charge in [-0.15, -0.1) is 11.3 Å². The fourth-order valence-electron chi connectivity index (χ4n) is 3.04. The molecular weight excluding hydrogens is 358 g/mol. The fourth-order valence-corrected chi connectivity index (χ4v) is 3.87. The van der Waals surface area contributed by atoms with Gasteiger partial charge in [-0.1, -0.05) is 36.4 Å². The molecule has 0 aliphatic carbocycles. The number of fused-ring (bicyclic) bond motifs is 1. The van der Waals surface area contributed by atoms with Crippen LogP contribution >= 0.6 is 11.3 Å². The lowest BCUT2D eigenvalue weighted by Gasteiger charge is -2.16. The van der Waals surface area contributed by atoms with Crippen LogP contribution in [0.2, 0.25) is 0 Å². The first kappa shape index (κ1) is 17.4. The van der Waals surface area contributed by atoms with Crippen LogP contribution in [0.5, 0.6) is 0 Å². The standard InChI is InChI=1S/C20H19N5OS/c1-13-18(15-12-22-25-10-6-5-9-17(15)25)24-20(27-13)19(26)23-16(11-21)14-7-3-2-4-8-14/h2-10,12,16H,11,21H2,1H3,(H,23,26). The Balaban J connectivity index is 1.62. The van der Waals surface area contributed by atoms with E-state index in [4.69, 9.17) is 5.73 Å². The number of nitrogens with zero attached hydrogens (tertiary/aromatic N) is 3. The Kier molecular flexibility index (Phi) is 4.70. The minimum Gasteiger partial charge on any atom is -0.342 e. The average Bonchev–Trinajstić information content (AvgIpc) is 3.30. The highest BCUT2D eigenvalue weighted by Crippen LogP contribution is 2.30. The number of hydrogen-bond acceptors (Lipinski definition) is 5. The van der Waals surface area contributed by atoms with Crippen molar-refractivity contribution < 1.29 is 4.79 Å². The predicted octanol–water partition coefficient (Wildman–Crippen LogP) is 3.20. The second-order valence-corrected chi connectivity index (χ2v) is 7.39. The molecule has 6 nitrogen and oxygen atoms in total. The maximum absolute atomic E-state index is 12.7. The van der Waals surface area contributed by atoms with Gasteiger partial charge in [0, 0.05) is 23.2 Å². The van der Waals surface area contributed by atoms with E-state index in [0.717, 1.165) is 27.2 Å². The van der Waals surface area contributed by atoms with E-state index >= 15 is 0 Å². The highest BCUT2D eigenvalue weighted by Gasteiger charge is 2.20. The smallest absolute Gasteiger partial charge is 0.280 e. The van der Waals surface area contributed by atoms with Crippen LogP contribution in [0.15, 0.2) is 60.9 Å². The van der Waals surface area contributed by atoms with Crippen molar-refractivity contribution >= 4 is 22.8 Å². The van der Waals surface area contributed by atoms with Gasteiger partial charge in [0.2, 0.25) is 0 Å². The molecule has 0 saturated carbocycles. The second-order valence-electron chi connectivity index (χ2n) is 6.18. The topological polar surface area (TPSA) is 85.3 Å². The number of nitrogens with two attached hydrogens (primary N) is 1. The highest BCUT2D eigenvalue weighted by atomic mass is 32.1. The van der Waals surface area contributed by atoms with E-state index in [-0.39, 0.29) is 11.9 Å². The summed E-state index contributed by atoms with van der Waals surface area (Å²) in [6.07, 6.45) is 3.67. The molecule has 1 atom stereocenters. The van der Waals surface area contributed by atoms with Gasteiger partial charge >= 0.3 is 0 Å². The molecule has 0 saturated heterocycles. The number of rotatable bonds is 5. The molecule has 3 N–H and O–H groups in total. The summed E-state index contributed by atoms with van der Waals surface area (Å²) in [4.78, 5) is 18.3. The first-order chi connectivity index (χ1) is 13.2. The zero-order valence-corrected chi connectivity index (χ0v) is 15.6. The van der Waals surface area contributed by atoms with Crippen LogP contribution in [0.4, 0.5) is 0 Å². The van der Waals surface area contributed by atoms with Crippen molar-refractivity contribution in [1.29, 1.82) is 0 Å². The summed E-state index contributed by atoms with van der Waals surface area (Å²) in [6, 6.07) is 15.3. The highest BCUT2D eigenvalue weighted by molar-refractivity contribution is 7.14. The van der Waals surface area contributed by atoms with Gasteiger partial charge in [-0.2, -0.15) is 5.10 Å². The number of pyridine rings is 1. The van der Waals surface area contributed by atoms with Crippen LogP contribution < -0.4 is 11.1 Å². The Hall–Kier alpha value is -3.03. The molecule has 1 amide bonds. The lowest BCUT2D eigenvalue weighted by Crippen LogP contribution is -2.33. The normalized spacial score (nSPS) is 12.2. The number of benzene rings is 1. The molecule has 0 aliphatic heterocycles. The maximum Gasteiger partial charge on any atom is 0.280 e. The van der Waals surface area contributed by atoms with E-state index in [2.05, 4.69) is 15.4 Å². The van der Waals surface area contributed by atoms with Crippen molar-refractivity contribution in [2.45, 2.75) is 13.0 Å². The summed E-state index contributed by atoms with van der Waals surface area (Å²) in [5.74, 6) is -0.217. The van der Waals surface area contributed by atoms with Crippen LogP contribution in [0.1, 0.15) is 26.3 Å². The van der Waals surface area contributed by atoms with Gasteiger partial charge in [0.25, 0.3) is 5.91 Å². The fraction of sp³-hybridized carbons (Fsp3) is 0.150.